The highest BCUT2D eigenvalue weighted by Crippen LogP contribution is 2.28. The molecule has 0 saturated heterocycles. The maximum atomic E-state index is 13.9. The molecule has 0 aromatic heterocycles. The molecule has 37 heavy (non-hydrogen) atoms. The number of carbonyl (C=O) groups excluding carboxylic acids is 4. The van der Waals surface area contributed by atoms with Gasteiger partial charge in [0.2, 0.25) is 17.7 Å². The highest BCUT2D eigenvalue weighted by atomic mass is 16.6. The maximum absolute atomic E-state index is 13.9. The van der Waals surface area contributed by atoms with Gasteiger partial charge < -0.3 is 26.0 Å². The average Bonchev–Trinajstić information content (AvgIpc) is 2.79. The SMILES string of the molecule is C=CCN(C(=O)C(CC(N)=O)NC(=O)OC(C)(C)C)C(C(=O)NC1CCCCC1)c1cccc(C)c1C. The van der Waals surface area contributed by atoms with E-state index in [1.165, 1.54) is 11.0 Å². The minimum Gasteiger partial charge on any atom is -0.444 e. The molecular formula is C28H42N4O5. The summed E-state index contributed by atoms with van der Waals surface area (Å²) >= 11 is 0. The van der Waals surface area contributed by atoms with Gasteiger partial charge in [-0.15, -0.1) is 6.58 Å². The highest BCUT2D eigenvalue weighted by molar-refractivity contribution is 5.94. The van der Waals surface area contributed by atoms with E-state index in [-0.39, 0.29) is 18.5 Å². The Hall–Kier alpha value is -3.36. The molecule has 1 fully saturated rings. The van der Waals surface area contributed by atoms with Crippen molar-refractivity contribution < 1.29 is 23.9 Å². The largest absolute Gasteiger partial charge is 0.444 e. The molecule has 1 aliphatic rings. The second-order valence-electron chi connectivity index (χ2n) is 10.7. The van der Waals surface area contributed by atoms with Crippen molar-refractivity contribution in [2.24, 2.45) is 5.73 Å². The number of nitrogens with zero attached hydrogens (tertiary/aromatic N) is 1. The Bertz CT molecular complexity index is 995. The lowest BCUT2D eigenvalue weighted by molar-refractivity contribution is -0.143. The molecule has 9 nitrogen and oxygen atoms in total. The molecule has 1 aromatic rings. The molecular weight excluding hydrogens is 472 g/mol. The summed E-state index contributed by atoms with van der Waals surface area (Å²) in [5, 5.41) is 5.62. The van der Waals surface area contributed by atoms with Gasteiger partial charge in [-0.1, -0.05) is 43.5 Å². The van der Waals surface area contributed by atoms with E-state index in [4.69, 9.17) is 10.5 Å². The average molecular weight is 515 g/mol. The number of ether oxygens (including phenoxy) is 1. The van der Waals surface area contributed by atoms with Gasteiger partial charge in [-0.05, 0) is 64.2 Å². The lowest BCUT2D eigenvalue weighted by Gasteiger charge is -2.35. The summed E-state index contributed by atoms with van der Waals surface area (Å²) in [6.45, 7) is 12.7. The van der Waals surface area contributed by atoms with E-state index in [2.05, 4.69) is 17.2 Å². The number of benzene rings is 1. The molecule has 204 valence electrons. The third-order valence-corrected chi connectivity index (χ3v) is 6.46. The van der Waals surface area contributed by atoms with Gasteiger partial charge in [0.05, 0.1) is 6.42 Å². The Morgan fingerprint density at radius 2 is 1.81 bits per heavy atom. The van der Waals surface area contributed by atoms with Gasteiger partial charge in [-0.3, -0.25) is 14.4 Å². The summed E-state index contributed by atoms with van der Waals surface area (Å²) in [4.78, 5) is 53.4. The van der Waals surface area contributed by atoms with E-state index < -0.39 is 42.0 Å². The molecule has 2 unspecified atom stereocenters. The fourth-order valence-corrected chi connectivity index (χ4v) is 4.56. The number of alkyl carbamates (subject to hydrolysis) is 1. The van der Waals surface area contributed by atoms with Gasteiger partial charge >= 0.3 is 6.09 Å². The van der Waals surface area contributed by atoms with E-state index >= 15 is 0 Å². The first-order valence-corrected chi connectivity index (χ1v) is 12.9. The lowest BCUT2D eigenvalue weighted by Crippen LogP contribution is -2.54. The molecule has 1 saturated carbocycles. The lowest BCUT2D eigenvalue weighted by atomic mass is 9.92. The van der Waals surface area contributed by atoms with Crippen LogP contribution in [0.15, 0.2) is 30.9 Å². The zero-order chi connectivity index (χ0) is 27.8. The molecule has 9 heteroatoms. The number of hydrogen-bond acceptors (Lipinski definition) is 5. The van der Waals surface area contributed by atoms with Crippen LogP contribution in [-0.4, -0.2) is 52.9 Å². The number of primary amides is 1. The molecule has 1 aliphatic carbocycles. The summed E-state index contributed by atoms with van der Waals surface area (Å²) in [5.74, 6) is -1.72. The van der Waals surface area contributed by atoms with E-state index in [1.54, 1.807) is 20.8 Å². The normalized spacial score (nSPS) is 15.7. The Labute approximate surface area is 220 Å². The van der Waals surface area contributed by atoms with Crippen LogP contribution in [0, 0.1) is 13.8 Å². The van der Waals surface area contributed by atoms with Gasteiger partial charge in [-0.25, -0.2) is 4.79 Å². The zero-order valence-corrected chi connectivity index (χ0v) is 22.8. The van der Waals surface area contributed by atoms with E-state index in [0.717, 1.165) is 43.2 Å². The second-order valence-corrected chi connectivity index (χ2v) is 10.7. The van der Waals surface area contributed by atoms with Crippen LogP contribution in [0.5, 0.6) is 0 Å². The van der Waals surface area contributed by atoms with Crippen molar-refractivity contribution in [1.29, 1.82) is 0 Å². The smallest absolute Gasteiger partial charge is 0.408 e. The minimum absolute atomic E-state index is 0.0141. The number of carbonyl (C=O) groups is 4. The number of hydrogen-bond donors (Lipinski definition) is 3. The third kappa shape index (κ3) is 8.91. The Morgan fingerprint density at radius 1 is 1.16 bits per heavy atom. The van der Waals surface area contributed by atoms with Crippen LogP contribution in [-0.2, 0) is 19.1 Å². The van der Waals surface area contributed by atoms with E-state index in [1.807, 2.05) is 32.0 Å². The molecule has 2 atom stereocenters. The topological polar surface area (TPSA) is 131 Å². The molecule has 0 bridgehead atoms. The number of amides is 4. The quantitative estimate of drug-likeness (QED) is 0.411. The second kappa shape index (κ2) is 13.3. The summed E-state index contributed by atoms with van der Waals surface area (Å²) in [7, 11) is 0. The molecule has 0 radical (unpaired) electrons. The highest BCUT2D eigenvalue weighted by Gasteiger charge is 2.37. The van der Waals surface area contributed by atoms with Crippen LogP contribution in [0.4, 0.5) is 4.79 Å². The summed E-state index contributed by atoms with van der Waals surface area (Å²) in [6, 6.07) is 3.31. The zero-order valence-electron chi connectivity index (χ0n) is 22.8. The molecule has 0 heterocycles. The first-order valence-electron chi connectivity index (χ1n) is 12.9. The first-order chi connectivity index (χ1) is 17.3. The predicted octanol–water partition coefficient (Wildman–Crippen LogP) is 3.58. The molecule has 1 aromatic carbocycles. The van der Waals surface area contributed by atoms with Crippen LogP contribution < -0.4 is 16.4 Å². The first kappa shape index (κ1) is 29.9. The maximum Gasteiger partial charge on any atom is 0.408 e. The van der Waals surface area contributed by atoms with E-state index in [0.29, 0.717) is 5.56 Å². The number of nitrogens with two attached hydrogens (primary N) is 1. The fraction of sp³-hybridized carbons (Fsp3) is 0.571. The monoisotopic (exact) mass is 514 g/mol. The van der Waals surface area contributed by atoms with Crippen LogP contribution in [0.1, 0.15) is 82.0 Å². The third-order valence-electron chi connectivity index (χ3n) is 6.46. The molecule has 2 rings (SSSR count). The summed E-state index contributed by atoms with van der Waals surface area (Å²) in [6.07, 6.45) is 5.17. The molecule has 0 aliphatic heterocycles. The van der Waals surface area contributed by atoms with Crippen molar-refractivity contribution in [2.75, 3.05) is 6.54 Å². The van der Waals surface area contributed by atoms with Crippen LogP contribution in [0.3, 0.4) is 0 Å². The van der Waals surface area contributed by atoms with Crippen LogP contribution in [0.2, 0.25) is 0 Å². The van der Waals surface area contributed by atoms with Crippen molar-refractivity contribution in [3.8, 4) is 0 Å². The van der Waals surface area contributed by atoms with Crippen LogP contribution in [0.25, 0.3) is 0 Å². The van der Waals surface area contributed by atoms with Gasteiger partial charge in [0.1, 0.15) is 17.7 Å². The van der Waals surface area contributed by atoms with Crippen molar-refractivity contribution in [3.63, 3.8) is 0 Å². The van der Waals surface area contributed by atoms with Crippen LogP contribution >= 0.6 is 0 Å². The number of nitrogens with one attached hydrogen (secondary N) is 2. The van der Waals surface area contributed by atoms with Gasteiger partial charge in [-0.2, -0.15) is 0 Å². The van der Waals surface area contributed by atoms with Gasteiger partial charge in [0.15, 0.2) is 0 Å². The molecule has 4 amide bonds. The standard InChI is InChI=1S/C28H42N4O5/c1-7-16-32(26(35)22(17-23(29)33)31-27(36)37-28(4,5)6)24(21-15-11-12-18(2)19(21)3)25(34)30-20-13-9-8-10-14-20/h7,11-12,15,20,22,24H,1,8-10,13-14,16-17H2,2-6H3,(H2,29,33)(H,30,34)(H,31,36). The predicted molar refractivity (Wildman–Crippen MR) is 143 cm³/mol. The molecule has 4 N–H and O–H groups in total. The Balaban J connectivity index is 2.49. The van der Waals surface area contributed by atoms with Gasteiger partial charge in [0, 0.05) is 12.6 Å². The van der Waals surface area contributed by atoms with Crippen molar-refractivity contribution in [3.05, 3.63) is 47.5 Å². The summed E-state index contributed by atoms with van der Waals surface area (Å²) < 4.78 is 5.30. The minimum atomic E-state index is -1.32. The number of aryl methyl sites for hydroxylation is 1. The van der Waals surface area contributed by atoms with Crippen molar-refractivity contribution in [1.82, 2.24) is 15.5 Å². The Kier molecular flexibility index (Phi) is 10.7. The Morgan fingerprint density at radius 3 is 2.38 bits per heavy atom. The fourth-order valence-electron chi connectivity index (χ4n) is 4.56. The number of rotatable bonds is 10. The molecule has 0 spiro atoms. The van der Waals surface area contributed by atoms with Gasteiger partial charge in [0.25, 0.3) is 0 Å². The van der Waals surface area contributed by atoms with Crippen molar-refractivity contribution in [2.45, 2.75) is 96.9 Å². The van der Waals surface area contributed by atoms with E-state index in [9.17, 15) is 19.2 Å². The van der Waals surface area contributed by atoms with Crippen molar-refractivity contribution >= 4 is 23.8 Å². The summed E-state index contributed by atoms with van der Waals surface area (Å²) in [5.41, 5.74) is 7.12.